The molecule has 0 bridgehead atoms. The summed E-state index contributed by atoms with van der Waals surface area (Å²) in [4.78, 5) is 30.7. The van der Waals surface area contributed by atoms with Crippen LogP contribution in [0.1, 0.15) is 55.1 Å². The van der Waals surface area contributed by atoms with Gasteiger partial charge in [0.25, 0.3) is 5.91 Å². The van der Waals surface area contributed by atoms with E-state index in [-0.39, 0.29) is 29.4 Å². The molecule has 5 rings (SSSR count). The molecular weight excluding hydrogens is 516 g/mol. The second-order valence-corrected chi connectivity index (χ2v) is 10.9. The number of carbonyl (C=O) groups is 2. The maximum Gasteiger partial charge on any atom is 0.254 e. The lowest BCUT2D eigenvalue weighted by molar-refractivity contribution is -0.117. The number of Topliss-reactive ketones (excluding diaryl/α,β-unsaturated/α-hetero) is 1. The van der Waals surface area contributed by atoms with Crippen molar-refractivity contribution >= 4 is 28.5 Å². The van der Waals surface area contributed by atoms with Crippen LogP contribution in [0, 0.1) is 17.6 Å². The summed E-state index contributed by atoms with van der Waals surface area (Å²) in [7, 11) is 0. The van der Waals surface area contributed by atoms with Gasteiger partial charge in [-0.15, -0.1) is 0 Å². The summed E-state index contributed by atoms with van der Waals surface area (Å²) >= 11 is 0. The van der Waals surface area contributed by atoms with Crippen molar-refractivity contribution in [1.29, 1.82) is 0 Å². The number of amides is 1. The maximum atomic E-state index is 15.2. The Kier molecular flexibility index (Phi) is 7.37. The number of hydrogen-bond acceptors (Lipinski definition) is 6. The highest BCUT2D eigenvalue weighted by Crippen LogP contribution is 2.36. The van der Waals surface area contributed by atoms with E-state index in [1.807, 2.05) is 0 Å². The molecule has 1 fully saturated rings. The van der Waals surface area contributed by atoms with Crippen LogP contribution in [0.25, 0.3) is 22.2 Å². The Bertz CT molecular complexity index is 1590. The Hall–Kier alpha value is -4.18. The Labute approximate surface area is 230 Å². The van der Waals surface area contributed by atoms with Gasteiger partial charge in [0, 0.05) is 37.8 Å². The highest BCUT2D eigenvalue weighted by atomic mass is 19.1. The van der Waals surface area contributed by atoms with Crippen LogP contribution in [0.5, 0.6) is 0 Å². The molecule has 2 aromatic carbocycles. The van der Waals surface area contributed by atoms with Crippen molar-refractivity contribution < 1.29 is 23.5 Å². The van der Waals surface area contributed by atoms with Crippen LogP contribution in [0.15, 0.2) is 48.7 Å². The van der Waals surface area contributed by atoms with Crippen LogP contribution < -0.4 is 10.2 Å². The van der Waals surface area contributed by atoms with Crippen molar-refractivity contribution in [2.24, 2.45) is 5.92 Å². The molecule has 3 heterocycles. The first-order chi connectivity index (χ1) is 19.0. The monoisotopic (exact) mass is 547 g/mol. The minimum Gasteiger partial charge on any atom is -0.386 e. The first-order valence-corrected chi connectivity index (χ1v) is 13.2. The van der Waals surface area contributed by atoms with E-state index in [4.69, 9.17) is 0 Å². The third kappa shape index (κ3) is 5.58. The van der Waals surface area contributed by atoms with Gasteiger partial charge in [-0.05, 0) is 74.1 Å². The number of anilines is 1. The molecule has 208 valence electrons. The quantitative estimate of drug-likeness (QED) is 0.290. The fourth-order valence-corrected chi connectivity index (χ4v) is 5.21. The summed E-state index contributed by atoms with van der Waals surface area (Å²) in [5.41, 5.74) is 1.11. The molecule has 0 spiro atoms. The summed E-state index contributed by atoms with van der Waals surface area (Å²) in [5, 5.41) is 20.8. The molecule has 0 unspecified atom stereocenters. The van der Waals surface area contributed by atoms with Gasteiger partial charge in [0.15, 0.2) is 11.5 Å². The smallest absolute Gasteiger partial charge is 0.254 e. The van der Waals surface area contributed by atoms with Crippen LogP contribution in [0.4, 0.5) is 14.6 Å². The number of H-pyrrole nitrogens is 1. The van der Waals surface area contributed by atoms with Crippen LogP contribution >= 0.6 is 0 Å². The van der Waals surface area contributed by atoms with Crippen molar-refractivity contribution in [3.8, 4) is 11.1 Å². The first kappa shape index (κ1) is 27.4. The SMILES string of the molecule is CC(=O)C[C@@H]1CCN(c2n[nH]c3nccc(-c4ccc(CNC(=O)c5ccc(C(C)(C)O)cc5F)c(F)c4)c23)C1. The first-order valence-electron chi connectivity index (χ1n) is 13.2. The van der Waals surface area contributed by atoms with E-state index in [0.717, 1.165) is 35.8 Å². The number of aromatic amines is 1. The molecule has 0 radical (unpaired) electrons. The lowest BCUT2D eigenvalue weighted by Crippen LogP contribution is -2.25. The second kappa shape index (κ2) is 10.8. The molecule has 1 aliphatic heterocycles. The molecule has 3 N–H and O–H groups in total. The molecule has 10 heteroatoms. The molecule has 0 saturated carbocycles. The van der Waals surface area contributed by atoms with Gasteiger partial charge >= 0.3 is 0 Å². The van der Waals surface area contributed by atoms with E-state index in [0.29, 0.717) is 29.7 Å². The van der Waals surface area contributed by atoms with Crippen molar-refractivity contribution in [3.05, 3.63) is 77.0 Å². The van der Waals surface area contributed by atoms with E-state index in [1.54, 1.807) is 31.3 Å². The normalized spacial score (nSPS) is 15.6. The fraction of sp³-hybridized carbons (Fsp3) is 0.333. The zero-order valence-corrected chi connectivity index (χ0v) is 22.6. The number of rotatable bonds is 8. The Morgan fingerprint density at radius 1 is 1.15 bits per heavy atom. The van der Waals surface area contributed by atoms with E-state index < -0.39 is 23.1 Å². The minimum atomic E-state index is -1.25. The van der Waals surface area contributed by atoms with Crippen LogP contribution in [0.3, 0.4) is 0 Å². The van der Waals surface area contributed by atoms with Crippen LogP contribution in [0.2, 0.25) is 0 Å². The summed E-state index contributed by atoms with van der Waals surface area (Å²) in [6.07, 6.45) is 3.06. The average molecular weight is 548 g/mol. The number of halogens is 2. The third-order valence-electron chi connectivity index (χ3n) is 7.33. The van der Waals surface area contributed by atoms with Crippen molar-refractivity contribution in [2.45, 2.75) is 45.8 Å². The van der Waals surface area contributed by atoms with Crippen molar-refractivity contribution in [2.75, 3.05) is 18.0 Å². The van der Waals surface area contributed by atoms with Crippen molar-refractivity contribution in [1.82, 2.24) is 20.5 Å². The van der Waals surface area contributed by atoms with E-state index in [2.05, 4.69) is 25.4 Å². The van der Waals surface area contributed by atoms with Crippen LogP contribution in [-0.2, 0) is 16.9 Å². The van der Waals surface area contributed by atoms with E-state index in [9.17, 15) is 19.1 Å². The predicted molar refractivity (Wildman–Crippen MR) is 148 cm³/mol. The lowest BCUT2D eigenvalue weighted by Gasteiger charge is -2.18. The number of pyridine rings is 1. The Morgan fingerprint density at radius 2 is 1.95 bits per heavy atom. The molecule has 1 amide bonds. The van der Waals surface area contributed by atoms with Gasteiger partial charge in [-0.3, -0.25) is 9.89 Å². The Morgan fingerprint density at radius 3 is 2.65 bits per heavy atom. The average Bonchev–Trinajstić information content (AvgIpc) is 3.53. The molecular formula is C30H31F2N5O3. The van der Waals surface area contributed by atoms with E-state index in [1.165, 1.54) is 32.0 Å². The predicted octanol–water partition coefficient (Wildman–Crippen LogP) is 4.87. The van der Waals surface area contributed by atoms with Gasteiger partial charge in [-0.25, -0.2) is 13.8 Å². The third-order valence-corrected chi connectivity index (χ3v) is 7.33. The summed E-state index contributed by atoms with van der Waals surface area (Å²) in [6.45, 7) is 5.99. The summed E-state index contributed by atoms with van der Waals surface area (Å²) in [6, 6.07) is 10.5. The highest BCUT2D eigenvalue weighted by molar-refractivity contribution is 6.01. The number of aliphatic hydroxyl groups is 1. The zero-order valence-electron chi connectivity index (χ0n) is 22.6. The number of fused-ring (bicyclic) bond motifs is 1. The summed E-state index contributed by atoms with van der Waals surface area (Å²) in [5.74, 6) is -0.815. The highest BCUT2D eigenvalue weighted by Gasteiger charge is 2.28. The molecule has 8 nitrogen and oxygen atoms in total. The van der Waals surface area contributed by atoms with Gasteiger partial charge in [0.05, 0.1) is 16.6 Å². The Balaban J connectivity index is 1.34. The van der Waals surface area contributed by atoms with Gasteiger partial charge in [0.2, 0.25) is 0 Å². The fourth-order valence-electron chi connectivity index (χ4n) is 5.21. The lowest BCUT2D eigenvalue weighted by atomic mass is 9.97. The number of nitrogens with zero attached hydrogens (tertiary/aromatic N) is 3. The van der Waals surface area contributed by atoms with Gasteiger partial charge in [0.1, 0.15) is 17.4 Å². The molecule has 2 aromatic heterocycles. The second-order valence-electron chi connectivity index (χ2n) is 10.9. The zero-order chi connectivity index (χ0) is 28.6. The number of ketones is 1. The number of nitrogens with one attached hydrogen (secondary N) is 2. The standard InChI is InChI=1S/C30H31F2N5O3/c1-17(38)12-18-9-11-37(16-18)28-26-22(8-10-33-27(26)35-36-28)19-4-5-20(24(31)13-19)15-34-29(39)23-7-6-21(14-25(23)32)30(2,3)40/h4-8,10,13-14,18,40H,9,11-12,15-16H2,1-3H3,(H,34,39)(H,33,35,36)/t18-/m0/s1. The number of carbonyl (C=O) groups excluding carboxylic acids is 2. The van der Waals surface area contributed by atoms with E-state index >= 15 is 4.39 Å². The largest absolute Gasteiger partial charge is 0.386 e. The molecule has 0 aliphatic carbocycles. The molecule has 4 aromatic rings. The maximum absolute atomic E-state index is 15.2. The minimum absolute atomic E-state index is 0.133. The van der Waals surface area contributed by atoms with Gasteiger partial charge in [-0.1, -0.05) is 18.2 Å². The topological polar surface area (TPSA) is 111 Å². The number of hydrogen-bond donors (Lipinski definition) is 3. The van der Waals surface area contributed by atoms with Crippen LogP contribution in [-0.4, -0.2) is 45.1 Å². The number of benzene rings is 2. The van der Waals surface area contributed by atoms with Gasteiger partial charge in [-0.2, -0.15) is 5.10 Å². The van der Waals surface area contributed by atoms with Gasteiger partial charge < -0.3 is 20.1 Å². The summed E-state index contributed by atoms with van der Waals surface area (Å²) < 4.78 is 29.7. The molecule has 1 aliphatic rings. The van der Waals surface area contributed by atoms with Crippen molar-refractivity contribution in [3.63, 3.8) is 0 Å². The molecule has 1 atom stereocenters. The molecule has 1 saturated heterocycles. The number of aromatic nitrogens is 3. The molecule has 40 heavy (non-hydrogen) atoms.